The Balaban J connectivity index is 1.49. The molecule has 0 aliphatic carbocycles. The number of rotatable bonds is 4. The molecule has 3 aromatic rings. The van der Waals surface area contributed by atoms with E-state index >= 15 is 0 Å². The van der Waals surface area contributed by atoms with Gasteiger partial charge in [0.05, 0.1) is 0 Å². The molecule has 0 saturated carbocycles. The van der Waals surface area contributed by atoms with Crippen LogP contribution in [-0.4, -0.2) is 28.0 Å². The minimum atomic E-state index is 0.503. The number of aryl methyl sites for hydroxylation is 1. The van der Waals surface area contributed by atoms with Crippen LogP contribution < -0.4 is 0 Å². The minimum absolute atomic E-state index is 0.503. The molecule has 1 atom stereocenters. The lowest BCUT2D eigenvalue weighted by molar-refractivity contribution is 0.175. The van der Waals surface area contributed by atoms with Gasteiger partial charge in [0.25, 0.3) is 0 Å². The quantitative estimate of drug-likeness (QED) is 0.603. The SMILES string of the molecule is Cc1ncc(-c2ccc(-c3ccc(C(C)N4CCCCC4)cc3)cc2)cn1. The maximum atomic E-state index is 4.29. The molecule has 1 aliphatic rings. The van der Waals surface area contributed by atoms with E-state index in [1.165, 1.54) is 49.0 Å². The Labute approximate surface area is 162 Å². The number of aromatic nitrogens is 2. The topological polar surface area (TPSA) is 29.0 Å². The van der Waals surface area contributed by atoms with E-state index in [1.807, 2.05) is 19.3 Å². The van der Waals surface area contributed by atoms with Gasteiger partial charge < -0.3 is 0 Å². The van der Waals surface area contributed by atoms with Crippen LogP contribution >= 0.6 is 0 Å². The molecule has 1 aliphatic heterocycles. The monoisotopic (exact) mass is 357 g/mol. The molecule has 4 rings (SSSR count). The Morgan fingerprint density at radius 1 is 0.704 bits per heavy atom. The number of hydrogen-bond donors (Lipinski definition) is 0. The average molecular weight is 358 g/mol. The molecule has 2 aromatic carbocycles. The zero-order chi connectivity index (χ0) is 18.6. The van der Waals surface area contributed by atoms with Crippen molar-refractivity contribution in [3.63, 3.8) is 0 Å². The molecule has 3 heteroatoms. The van der Waals surface area contributed by atoms with Crippen LogP contribution in [0.5, 0.6) is 0 Å². The van der Waals surface area contributed by atoms with Crippen molar-refractivity contribution in [1.29, 1.82) is 0 Å². The van der Waals surface area contributed by atoms with Gasteiger partial charge in [0.15, 0.2) is 0 Å². The first-order valence-electron chi connectivity index (χ1n) is 9.94. The van der Waals surface area contributed by atoms with Gasteiger partial charge in [-0.25, -0.2) is 9.97 Å². The summed E-state index contributed by atoms with van der Waals surface area (Å²) in [5.41, 5.74) is 6.11. The molecule has 0 N–H and O–H groups in total. The fraction of sp³-hybridized carbons (Fsp3) is 0.333. The fourth-order valence-electron chi connectivity index (χ4n) is 3.87. The zero-order valence-electron chi connectivity index (χ0n) is 16.2. The van der Waals surface area contributed by atoms with Crippen molar-refractivity contribution in [2.24, 2.45) is 0 Å². The molecule has 1 unspecified atom stereocenters. The summed E-state index contributed by atoms with van der Waals surface area (Å²) in [4.78, 5) is 11.2. The predicted molar refractivity (Wildman–Crippen MR) is 111 cm³/mol. The number of piperidine rings is 1. The van der Waals surface area contributed by atoms with Crippen LogP contribution in [0.15, 0.2) is 60.9 Å². The number of likely N-dealkylation sites (tertiary alicyclic amines) is 1. The normalized spacial score (nSPS) is 16.2. The van der Waals surface area contributed by atoms with E-state index in [9.17, 15) is 0 Å². The Morgan fingerprint density at radius 3 is 1.74 bits per heavy atom. The van der Waals surface area contributed by atoms with Crippen molar-refractivity contribution < 1.29 is 0 Å². The fourth-order valence-corrected chi connectivity index (χ4v) is 3.87. The van der Waals surface area contributed by atoms with E-state index in [-0.39, 0.29) is 0 Å². The lowest BCUT2D eigenvalue weighted by atomic mass is 9.98. The van der Waals surface area contributed by atoms with Crippen LogP contribution in [0.25, 0.3) is 22.3 Å². The molecule has 3 nitrogen and oxygen atoms in total. The molecule has 2 heterocycles. The van der Waals surface area contributed by atoms with E-state index < -0.39 is 0 Å². The second kappa shape index (κ2) is 8.01. The molecular weight excluding hydrogens is 330 g/mol. The van der Waals surface area contributed by atoms with E-state index in [0.29, 0.717) is 6.04 Å². The Hall–Kier alpha value is -2.52. The molecule has 1 saturated heterocycles. The van der Waals surface area contributed by atoms with Crippen molar-refractivity contribution in [3.8, 4) is 22.3 Å². The summed E-state index contributed by atoms with van der Waals surface area (Å²) in [6, 6.07) is 18.2. The van der Waals surface area contributed by atoms with Crippen LogP contribution in [-0.2, 0) is 0 Å². The highest BCUT2D eigenvalue weighted by Crippen LogP contribution is 2.28. The van der Waals surface area contributed by atoms with Gasteiger partial charge in [-0.05, 0) is 62.0 Å². The first-order chi connectivity index (χ1) is 13.2. The third-order valence-electron chi connectivity index (χ3n) is 5.66. The summed E-state index contributed by atoms with van der Waals surface area (Å²) in [6.45, 7) is 6.70. The van der Waals surface area contributed by atoms with Gasteiger partial charge in [0.1, 0.15) is 5.82 Å². The number of hydrogen-bond acceptors (Lipinski definition) is 3. The summed E-state index contributed by atoms with van der Waals surface area (Å²) in [5.74, 6) is 0.800. The third-order valence-corrected chi connectivity index (χ3v) is 5.66. The van der Waals surface area contributed by atoms with Crippen LogP contribution in [0.1, 0.15) is 43.6 Å². The van der Waals surface area contributed by atoms with Crippen LogP contribution in [0.3, 0.4) is 0 Å². The van der Waals surface area contributed by atoms with E-state index in [4.69, 9.17) is 0 Å². The van der Waals surface area contributed by atoms with Gasteiger partial charge in [-0.3, -0.25) is 4.90 Å². The number of benzene rings is 2. The standard InChI is InChI=1S/C24H27N3/c1-18(27-14-4-3-5-15-27)20-6-8-21(9-7-20)22-10-12-23(13-11-22)24-16-25-19(2)26-17-24/h6-13,16-18H,3-5,14-15H2,1-2H3. The maximum Gasteiger partial charge on any atom is 0.125 e. The zero-order valence-corrected chi connectivity index (χ0v) is 16.2. The molecule has 0 spiro atoms. The van der Waals surface area contributed by atoms with Gasteiger partial charge >= 0.3 is 0 Å². The van der Waals surface area contributed by atoms with Crippen molar-refractivity contribution in [2.75, 3.05) is 13.1 Å². The van der Waals surface area contributed by atoms with Crippen LogP contribution in [0, 0.1) is 6.92 Å². The molecule has 0 radical (unpaired) electrons. The van der Waals surface area contributed by atoms with E-state index in [2.05, 4.69) is 70.3 Å². The first-order valence-corrected chi connectivity index (χ1v) is 9.94. The van der Waals surface area contributed by atoms with Gasteiger partial charge in [-0.1, -0.05) is 55.0 Å². The molecule has 138 valence electrons. The van der Waals surface area contributed by atoms with Gasteiger partial charge in [-0.2, -0.15) is 0 Å². The van der Waals surface area contributed by atoms with Crippen molar-refractivity contribution in [1.82, 2.24) is 14.9 Å². The summed E-state index contributed by atoms with van der Waals surface area (Å²) in [7, 11) is 0. The second-order valence-corrected chi connectivity index (χ2v) is 7.49. The van der Waals surface area contributed by atoms with Gasteiger partial charge in [0.2, 0.25) is 0 Å². The van der Waals surface area contributed by atoms with E-state index in [0.717, 1.165) is 17.0 Å². The Kier molecular flexibility index (Phi) is 5.30. The smallest absolute Gasteiger partial charge is 0.125 e. The van der Waals surface area contributed by atoms with Crippen molar-refractivity contribution >= 4 is 0 Å². The first kappa shape index (κ1) is 17.9. The lowest BCUT2D eigenvalue weighted by Crippen LogP contribution is -2.32. The summed E-state index contributed by atoms with van der Waals surface area (Å²) < 4.78 is 0. The maximum absolute atomic E-state index is 4.29. The van der Waals surface area contributed by atoms with Gasteiger partial charge in [-0.15, -0.1) is 0 Å². The highest BCUT2D eigenvalue weighted by Gasteiger charge is 2.17. The molecule has 1 aromatic heterocycles. The second-order valence-electron chi connectivity index (χ2n) is 7.49. The number of nitrogens with zero attached hydrogens (tertiary/aromatic N) is 3. The van der Waals surface area contributed by atoms with E-state index in [1.54, 1.807) is 0 Å². The van der Waals surface area contributed by atoms with Gasteiger partial charge in [0, 0.05) is 24.0 Å². The van der Waals surface area contributed by atoms with Crippen LogP contribution in [0.4, 0.5) is 0 Å². The minimum Gasteiger partial charge on any atom is -0.297 e. The molecule has 0 amide bonds. The highest BCUT2D eigenvalue weighted by atomic mass is 15.2. The largest absolute Gasteiger partial charge is 0.297 e. The third kappa shape index (κ3) is 4.09. The summed E-state index contributed by atoms with van der Waals surface area (Å²) in [6.07, 6.45) is 7.82. The summed E-state index contributed by atoms with van der Waals surface area (Å²) in [5, 5.41) is 0. The average Bonchev–Trinajstić information content (AvgIpc) is 2.75. The molecule has 27 heavy (non-hydrogen) atoms. The highest BCUT2D eigenvalue weighted by molar-refractivity contribution is 5.69. The van der Waals surface area contributed by atoms with Crippen molar-refractivity contribution in [2.45, 2.75) is 39.2 Å². The summed E-state index contributed by atoms with van der Waals surface area (Å²) >= 11 is 0. The molecule has 1 fully saturated rings. The Morgan fingerprint density at radius 2 is 1.19 bits per heavy atom. The van der Waals surface area contributed by atoms with Crippen LogP contribution in [0.2, 0.25) is 0 Å². The predicted octanol–water partition coefficient (Wildman–Crippen LogP) is 5.67. The van der Waals surface area contributed by atoms with Crippen molar-refractivity contribution in [3.05, 3.63) is 72.3 Å². The molecule has 0 bridgehead atoms. The molecular formula is C24H27N3. The Bertz CT molecular complexity index is 861. The lowest BCUT2D eigenvalue weighted by Gasteiger charge is -2.32.